The van der Waals surface area contributed by atoms with Crippen molar-refractivity contribution < 1.29 is 19.1 Å². The molecule has 0 spiro atoms. The monoisotopic (exact) mass is 360 g/mol. The minimum absolute atomic E-state index is 0.209. The van der Waals surface area contributed by atoms with Gasteiger partial charge >= 0.3 is 12.1 Å². The Morgan fingerprint density at radius 1 is 0.923 bits per heavy atom. The molecule has 0 aliphatic carbocycles. The fourth-order valence-electron chi connectivity index (χ4n) is 4.39. The van der Waals surface area contributed by atoms with Crippen molar-refractivity contribution in [2.45, 2.75) is 45.7 Å². The number of benzene rings is 1. The fraction of sp³-hybridized carbons (Fsp3) is 0.556. The smallest absolute Gasteiger partial charge is 0.321 e. The predicted octanol–water partition coefficient (Wildman–Crippen LogP) is 1.84. The maximum atomic E-state index is 12.9. The van der Waals surface area contributed by atoms with E-state index in [2.05, 4.69) is 24.5 Å². The van der Waals surface area contributed by atoms with E-state index in [1.807, 2.05) is 19.1 Å². The predicted molar refractivity (Wildman–Crippen MR) is 93.7 cm³/mol. The average Bonchev–Trinajstić information content (AvgIpc) is 2.77. The third kappa shape index (κ3) is 1.95. The summed E-state index contributed by atoms with van der Waals surface area (Å²) in [5.74, 6) is 1.36. The largest absolute Gasteiger partial charge is 0.496 e. The van der Waals surface area contributed by atoms with Crippen molar-refractivity contribution in [1.82, 2.24) is 20.4 Å². The molecule has 0 aromatic heterocycles. The first kappa shape index (κ1) is 16.8. The molecule has 1 aromatic carbocycles. The van der Waals surface area contributed by atoms with Gasteiger partial charge in [0.1, 0.15) is 23.3 Å². The molecule has 8 nitrogen and oxygen atoms in total. The Kier molecular flexibility index (Phi) is 3.35. The van der Waals surface area contributed by atoms with Gasteiger partial charge in [-0.2, -0.15) is 0 Å². The molecule has 2 N–H and O–H groups in total. The van der Waals surface area contributed by atoms with Crippen LogP contribution in [0.25, 0.3) is 0 Å². The quantitative estimate of drug-likeness (QED) is 0.843. The summed E-state index contributed by atoms with van der Waals surface area (Å²) in [6.45, 7) is 6.66. The van der Waals surface area contributed by atoms with Gasteiger partial charge < -0.3 is 20.1 Å². The van der Waals surface area contributed by atoms with E-state index in [1.54, 1.807) is 24.0 Å². The van der Waals surface area contributed by atoms with Crippen molar-refractivity contribution >= 4 is 12.1 Å². The molecule has 0 saturated carbocycles. The number of nitrogens with one attached hydrogen (secondary N) is 2. The van der Waals surface area contributed by atoms with Gasteiger partial charge in [-0.25, -0.2) is 9.59 Å². The standard InChI is InChI=1S/C18H24N4O4/c1-17(2)14-21-8-10-11(13(26-5)7-6-12(10)25-4)9-22(14)16(24)20-18(17,3)19-15(21)23/h6-7,14H,8-9H2,1-5H3,(H,19,23)(H,20,24). The van der Waals surface area contributed by atoms with Gasteiger partial charge in [0.2, 0.25) is 0 Å². The summed E-state index contributed by atoms with van der Waals surface area (Å²) in [4.78, 5) is 29.2. The van der Waals surface area contributed by atoms with Gasteiger partial charge in [-0.3, -0.25) is 9.80 Å². The highest BCUT2D eigenvalue weighted by Gasteiger charge is 2.62. The molecule has 0 radical (unpaired) electrons. The third-order valence-electron chi connectivity index (χ3n) is 6.20. The van der Waals surface area contributed by atoms with Crippen molar-refractivity contribution in [3.05, 3.63) is 23.3 Å². The van der Waals surface area contributed by atoms with Gasteiger partial charge in [-0.05, 0) is 19.1 Å². The molecular formula is C18H24N4O4. The van der Waals surface area contributed by atoms with Crippen molar-refractivity contribution in [2.24, 2.45) is 5.41 Å². The summed E-state index contributed by atoms with van der Waals surface area (Å²) in [5, 5.41) is 5.96. The number of urea groups is 2. The molecule has 0 unspecified atom stereocenters. The van der Waals surface area contributed by atoms with Crippen molar-refractivity contribution in [2.75, 3.05) is 14.2 Å². The van der Waals surface area contributed by atoms with Gasteiger partial charge in [0.05, 0.1) is 27.3 Å². The van der Waals surface area contributed by atoms with Crippen molar-refractivity contribution in [3.8, 4) is 11.5 Å². The highest BCUT2D eigenvalue weighted by Crippen LogP contribution is 2.47. The molecule has 2 bridgehead atoms. The molecule has 140 valence electrons. The second-order valence-corrected chi connectivity index (χ2v) is 7.76. The van der Waals surface area contributed by atoms with E-state index in [-0.39, 0.29) is 18.2 Å². The van der Waals surface area contributed by atoms with E-state index in [0.717, 1.165) is 11.1 Å². The van der Waals surface area contributed by atoms with Gasteiger partial charge in [0.15, 0.2) is 0 Å². The van der Waals surface area contributed by atoms with Crippen LogP contribution in [0.5, 0.6) is 11.5 Å². The molecule has 0 atom stereocenters. The number of nitrogens with zero attached hydrogens (tertiary/aromatic N) is 2. The highest BCUT2D eigenvalue weighted by atomic mass is 16.5. The number of methoxy groups -OCH3 is 2. The summed E-state index contributed by atoms with van der Waals surface area (Å²) in [6, 6.07) is 3.25. The summed E-state index contributed by atoms with van der Waals surface area (Å²) >= 11 is 0. The van der Waals surface area contributed by atoms with Crippen LogP contribution in [0.4, 0.5) is 9.59 Å². The summed E-state index contributed by atoms with van der Waals surface area (Å²) in [7, 11) is 3.20. The van der Waals surface area contributed by atoms with Crippen LogP contribution in [-0.4, -0.2) is 47.9 Å². The molecule has 4 rings (SSSR count). The van der Waals surface area contributed by atoms with E-state index in [4.69, 9.17) is 9.47 Å². The Hall–Kier alpha value is -2.64. The molecule has 1 aromatic rings. The summed E-state index contributed by atoms with van der Waals surface area (Å²) in [6.07, 6.45) is -0.378. The van der Waals surface area contributed by atoms with Crippen LogP contribution in [0.15, 0.2) is 12.1 Å². The van der Waals surface area contributed by atoms with Gasteiger partial charge in [-0.15, -0.1) is 0 Å². The maximum absolute atomic E-state index is 12.9. The Balaban J connectivity index is 1.93. The molecule has 2 saturated heterocycles. The van der Waals surface area contributed by atoms with Crippen LogP contribution in [0.1, 0.15) is 31.9 Å². The van der Waals surface area contributed by atoms with E-state index >= 15 is 0 Å². The number of fused-ring (bicyclic) bond motifs is 2. The lowest BCUT2D eigenvalue weighted by atomic mass is 9.72. The van der Waals surface area contributed by atoms with Gasteiger partial charge in [0.25, 0.3) is 0 Å². The molecule has 3 heterocycles. The number of amides is 4. The Labute approximate surface area is 152 Å². The lowest BCUT2D eigenvalue weighted by Crippen LogP contribution is -2.84. The second-order valence-electron chi connectivity index (χ2n) is 7.76. The van der Waals surface area contributed by atoms with Crippen molar-refractivity contribution in [1.29, 1.82) is 0 Å². The van der Waals surface area contributed by atoms with Crippen LogP contribution in [0, 0.1) is 5.41 Å². The zero-order valence-corrected chi connectivity index (χ0v) is 15.7. The van der Waals surface area contributed by atoms with Gasteiger partial charge in [-0.1, -0.05) is 13.8 Å². The Morgan fingerprint density at radius 2 is 1.35 bits per heavy atom. The van der Waals surface area contributed by atoms with Crippen LogP contribution in [0.2, 0.25) is 0 Å². The fourth-order valence-corrected chi connectivity index (χ4v) is 4.39. The number of carbonyl (C=O) groups excluding carboxylic acids is 2. The topological polar surface area (TPSA) is 83.1 Å². The molecule has 3 aliphatic rings. The Morgan fingerprint density at radius 3 is 1.73 bits per heavy atom. The second kappa shape index (κ2) is 5.18. The minimum atomic E-state index is -0.816. The number of hydrogen-bond acceptors (Lipinski definition) is 4. The molecule has 2 fully saturated rings. The lowest BCUT2D eigenvalue weighted by molar-refractivity contribution is -0.101. The highest BCUT2D eigenvalue weighted by molar-refractivity contribution is 5.84. The van der Waals surface area contributed by atoms with Crippen molar-refractivity contribution in [3.63, 3.8) is 0 Å². The number of rotatable bonds is 2. The Bertz CT molecular complexity index is 752. The van der Waals surface area contributed by atoms with E-state index < -0.39 is 11.1 Å². The molecule has 8 heteroatoms. The van der Waals surface area contributed by atoms with Crippen LogP contribution in [-0.2, 0) is 13.1 Å². The number of hydrogen-bond donors (Lipinski definition) is 2. The zero-order chi connectivity index (χ0) is 18.9. The zero-order valence-electron chi connectivity index (χ0n) is 15.7. The first-order valence-electron chi connectivity index (χ1n) is 8.64. The van der Waals surface area contributed by atoms with Crippen LogP contribution in [0.3, 0.4) is 0 Å². The maximum Gasteiger partial charge on any atom is 0.321 e. The van der Waals surface area contributed by atoms with E-state index in [0.29, 0.717) is 24.6 Å². The third-order valence-corrected chi connectivity index (χ3v) is 6.20. The lowest BCUT2D eigenvalue weighted by Gasteiger charge is -2.62. The minimum Gasteiger partial charge on any atom is -0.496 e. The SMILES string of the molecule is COc1ccc(OC)c2c1CN1C(=O)NC3(C)NC(=O)N(C2)C1C3(C)C. The van der Waals surface area contributed by atoms with Gasteiger partial charge in [0, 0.05) is 16.5 Å². The first-order valence-corrected chi connectivity index (χ1v) is 8.64. The number of ether oxygens (including phenoxy) is 2. The first-order chi connectivity index (χ1) is 12.2. The van der Waals surface area contributed by atoms with E-state index in [9.17, 15) is 9.59 Å². The average molecular weight is 360 g/mol. The summed E-state index contributed by atoms with van der Waals surface area (Å²) in [5.41, 5.74) is 0.494. The van der Waals surface area contributed by atoms with Crippen LogP contribution >= 0.6 is 0 Å². The molecular weight excluding hydrogens is 336 g/mol. The molecule has 4 amide bonds. The normalized spacial score (nSPS) is 22.8. The van der Waals surface area contributed by atoms with E-state index in [1.165, 1.54) is 0 Å². The van der Waals surface area contributed by atoms with Crippen LogP contribution < -0.4 is 20.1 Å². The molecule has 3 aliphatic heterocycles. The summed E-state index contributed by atoms with van der Waals surface area (Å²) < 4.78 is 11.1. The molecule has 26 heavy (non-hydrogen) atoms. The number of carbonyl (C=O) groups is 2.